The summed E-state index contributed by atoms with van der Waals surface area (Å²) in [5.41, 5.74) is 8.03. The van der Waals surface area contributed by atoms with Gasteiger partial charge in [-0.2, -0.15) is 4.98 Å². The van der Waals surface area contributed by atoms with Crippen molar-refractivity contribution in [3.63, 3.8) is 0 Å². The average Bonchev–Trinajstić information content (AvgIpc) is 3.17. The second kappa shape index (κ2) is 9.36. The maximum absolute atomic E-state index is 5.85. The Morgan fingerprint density at radius 3 is 2.42 bits per heavy atom. The summed E-state index contributed by atoms with van der Waals surface area (Å²) in [6.07, 6.45) is 2.82. The van der Waals surface area contributed by atoms with Gasteiger partial charge in [0, 0.05) is 44.4 Å². The molecule has 31 heavy (non-hydrogen) atoms. The third-order valence-corrected chi connectivity index (χ3v) is 5.52. The maximum atomic E-state index is 5.85. The number of rotatable bonds is 8. The first-order valence-corrected chi connectivity index (χ1v) is 10.5. The van der Waals surface area contributed by atoms with Crippen LogP contribution in [0.3, 0.4) is 0 Å². The molecule has 1 saturated heterocycles. The Balaban J connectivity index is 1.53. The number of ether oxygens (including phenoxy) is 2. The number of methoxy groups -OCH3 is 2. The van der Waals surface area contributed by atoms with Gasteiger partial charge in [-0.1, -0.05) is 0 Å². The fourth-order valence-electron chi connectivity index (χ4n) is 3.70. The number of nitrogens with one attached hydrogen (secondary N) is 1. The van der Waals surface area contributed by atoms with Gasteiger partial charge in [0.15, 0.2) is 11.5 Å². The number of likely N-dealkylation sites (N-methyl/N-ethyl adjacent to an activating group) is 1. The molecule has 1 aromatic carbocycles. The fraction of sp³-hybridized carbons (Fsp3) is 0.476. The number of hydrogen-bond donors (Lipinski definition) is 2. The largest absolute Gasteiger partial charge is 0.497 e. The van der Waals surface area contributed by atoms with Crippen LogP contribution in [0.25, 0.3) is 16.9 Å². The molecule has 1 fully saturated rings. The summed E-state index contributed by atoms with van der Waals surface area (Å²) < 4.78 is 12.5. The number of piperazine rings is 1. The van der Waals surface area contributed by atoms with E-state index in [9.17, 15) is 0 Å². The van der Waals surface area contributed by atoms with Crippen LogP contribution in [0.1, 0.15) is 6.42 Å². The number of aromatic nitrogens is 4. The number of nitrogens with zero attached hydrogens (tertiary/aromatic N) is 6. The molecule has 0 spiro atoms. The van der Waals surface area contributed by atoms with Crippen LogP contribution in [0.5, 0.6) is 11.5 Å². The minimum atomic E-state index is 0.211. The number of nitrogen functional groups attached to an aromatic ring is 1. The molecule has 166 valence electrons. The van der Waals surface area contributed by atoms with Crippen LogP contribution in [0, 0.1) is 0 Å². The highest BCUT2D eigenvalue weighted by Crippen LogP contribution is 2.30. The zero-order chi connectivity index (χ0) is 21.8. The van der Waals surface area contributed by atoms with Gasteiger partial charge in [0.1, 0.15) is 11.5 Å². The minimum Gasteiger partial charge on any atom is -0.497 e. The van der Waals surface area contributed by atoms with Gasteiger partial charge in [0.05, 0.1) is 26.1 Å². The van der Waals surface area contributed by atoms with Crippen molar-refractivity contribution in [1.29, 1.82) is 0 Å². The number of hydrogen-bond acceptors (Lipinski definition) is 9. The highest BCUT2D eigenvalue weighted by molar-refractivity contribution is 5.71. The molecule has 0 bridgehead atoms. The molecule has 0 amide bonds. The molecule has 4 rings (SSSR count). The molecule has 0 saturated carbocycles. The van der Waals surface area contributed by atoms with E-state index < -0.39 is 0 Å². The number of anilines is 2. The van der Waals surface area contributed by atoms with E-state index in [2.05, 4.69) is 32.2 Å². The van der Waals surface area contributed by atoms with Crippen molar-refractivity contribution >= 4 is 17.4 Å². The molecule has 10 nitrogen and oxygen atoms in total. The van der Waals surface area contributed by atoms with Gasteiger partial charge in [0.2, 0.25) is 5.95 Å². The molecular weight excluding hydrogens is 396 g/mol. The van der Waals surface area contributed by atoms with E-state index in [1.165, 1.54) is 0 Å². The molecule has 2 aromatic heterocycles. The maximum Gasteiger partial charge on any atom is 0.240 e. The summed E-state index contributed by atoms with van der Waals surface area (Å²) in [6.45, 7) is 6.33. The van der Waals surface area contributed by atoms with E-state index in [1.807, 2.05) is 24.4 Å². The normalized spacial score (nSPS) is 15.3. The van der Waals surface area contributed by atoms with Crippen LogP contribution < -0.4 is 20.5 Å². The zero-order valence-electron chi connectivity index (χ0n) is 18.3. The zero-order valence-corrected chi connectivity index (χ0v) is 18.3. The monoisotopic (exact) mass is 426 g/mol. The first-order chi connectivity index (χ1) is 15.1. The van der Waals surface area contributed by atoms with E-state index >= 15 is 0 Å². The molecular formula is C21H30N8O2. The predicted molar refractivity (Wildman–Crippen MR) is 121 cm³/mol. The minimum absolute atomic E-state index is 0.211. The van der Waals surface area contributed by atoms with Crippen LogP contribution in [-0.2, 0) is 0 Å². The number of benzene rings is 1. The molecule has 0 radical (unpaired) electrons. The lowest BCUT2D eigenvalue weighted by molar-refractivity contribution is 0.154. The Hall–Kier alpha value is -3.11. The Morgan fingerprint density at radius 1 is 1.03 bits per heavy atom. The van der Waals surface area contributed by atoms with Gasteiger partial charge in [-0.15, -0.1) is 5.10 Å². The Morgan fingerprint density at radius 2 is 1.74 bits per heavy atom. The van der Waals surface area contributed by atoms with Gasteiger partial charge in [-0.05, 0) is 32.1 Å². The fourth-order valence-corrected chi connectivity index (χ4v) is 3.70. The van der Waals surface area contributed by atoms with E-state index in [4.69, 9.17) is 20.2 Å². The molecule has 3 N–H and O–H groups in total. The standard InChI is InChI=1S/C21H30N8O2/c1-27-7-9-28(10-8-27)6-4-5-23-19-20-25-21(22)26-29(20)14-18(24-19)15-11-16(30-2)13-17(12-15)31-3/h11-14H,4-10H2,1-3H3,(H2,22,26)(H,23,24). The lowest BCUT2D eigenvalue weighted by atomic mass is 10.1. The first kappa shape index (κ1) is 21.1. The summed E-state index contributed by atoms with van der Waals surface area (Å²) in [4.78, 5) is 14.0. The molecule has 3 aromatic rings. The third-order valence-electron chi connectivity index (χ3n) is 5.52. The smallest absolute Gasteiger partial charge is 0.240 e. The second-order valence-corrected chi connectivity index (χ2v) is 7.74. The van der Waals surface area contributed by atoms with E-state index in [0.717, 1.165) is 56.9 Å². The van der Waals surface area contributed by atoms with Crippen LogP contribution in [0.4, 0.5) is 11.8 Å². The molecule has 3 heterocycles. The topological polar surface area (TPSA) is 106 Å². The number of nitrogens with two attached hydrogens (primary N) is 1. The summed E-state index contributed by atoms with van der Waals surface area (Å²) in [5, 5.41) is 7.71. The predicted octanol–water partition coefficient (Wildman–Crippen LogP) is 1.44. The molecule has 0 unspecified atom stereocenters. The lowest BCUT2D eigenvalue weighted by Gasteiger charge is -2.32. The Labute approximate surface area is 182 Å². The van der Waals surface area contributed by atoms with Crippen molar-refractivity contribution in [2.75, 3.05) is 71.6 Å². The van der Waals surface area contributed by atoms with Crippen LogP contribution in [0.15, 0.2) is 24.4 Å². The van der Waals surface area contributed by atoms with Crippen molar-refractivity contribution in [2.45, 2.75) is 6.42 Å². The highest BCUT2D eigenvalue weighted by atomic mass is 16.5. The molecule has 10 heteroatoms. The van der Waals surface area contributed by atoms with Crippen LogP contribution >= 0.6 is 0 Å². The van der Waals surface area contributed by atoms with Crippen molar-refractivity contribution in [2.24, 2.45) is 0 Å². The van der Waals surface area contributed by atoms with Gasteiger partial charge in [-0.3, -0.25) is 0 Å². The van der Waals surface area contributed by atoms with Crippen molar-refractivity contribution in [3.8, 4) is 22.8 Å². The average molecular weight is 427 g/mol. The van der Waals surface area contributed by atoms with Gasteiger partial charge in [-0.25, -0.2) is 9.50 Å². The lowest BCUT2D eigenvalue weighted by Crippen LogP contribution is -2.44. The quantitative estimate of drug-likeness (QED) is 0.518. The highest BCUT2D eigenvalue weighted by Gasteiger charge is 2.15. The first-order valence-electron chi connectivity index (χ1n) is 10.5. The van der Waals surface area contributed by atoms with Gasteiger partial charge >= 0.3 is 0 Å². The molecule has 1 aliphatic rings. The summed E-state index contributed by atoms with van der Waals surface area (Å²) >= 11 is 0. The molecule has 0 atom stereocenters. The van der Waals surface area contributed by atoms with E-state index in [-0.39, 0.29) is 5.95 Å². The summed E-state index contributed by atoms with van der Waals surface area (Å²) in [5.74, 6) is 2.25. The SMILES string of the molecule is COc1cc(OC)cc(-c2cn3nc(N)nc3c(NCCCN3CCN(C)CC3)n2)c1. The van der Waals surface area contributed by atoms with Crippen molar-refractivity contribution < 1.29 is 9.47 Å². The molecule has 0 aliphatic carbocycles. The third kappa shape index (κ3) is 4.97. The Bertz CT molecular complexity index is 1010. The van der Waals surface area contributed by atoms with E-state index in [1.54, 1.807) is 18.7 Å². The summed E-state index contributed by atoms with van der Waals surface area (Å²) in [6, 6.07) is 5.65. The number of fused-ring (bicyclic) bond motifs is 1. The van der Waals surface area contributed by atoms with Gasteiger partial charge in [0.25, 0.3) is 0 Å². The summed E-state index contributed by atoms with van der Waals surface area (Å²) in [7, 11) is 5.42. The van der Waals surface area contributed by atoms with Crippen molar-refractivity contribution in [1.82, 2.24) is 29.4 Å². The second-order valence-electron chi connectivity index (χ2n) is 7.74. The van der Waals surface area contributed by atoms with Crippen LogP contribution in [0.2, 0.25) is 0 Å². The molecule has 1 aliphatic heterocycles. The van der Waals surface area contributed by atoms with Crippen LogP contribution in [-0.4, -0.2) is 89.9 Å². The van der Waals surface area contributed by atoms with Crippen molar-refractivity contribution in [3.05, 3.63) is 24.4 Å². The van der Waals surface area contributed by atoms with E-state index in [0.29, 0.717) is 23.0 Å². The van der Waals surface area contributed by atoms with Gasteiger partial charge < -0.3 is 30.3 Å². The Kier molecular flexibility index (Phi) is 6.38.